The predicted octanol–water partition coefficient (Wildman–Crippen LogP) is 3.03. The molecule has 1 saturated heterocycles. The summed E-state index contributed by atoms with van der Waals surface area (Å²) < 4.78 is 1.44. The van der Waals surface area contributed by atoms with Crippen LogP contribution in [-0.2, 0) is 24.2 Å². The van der Waals surface area contributed by atoms with Gasteiger partial charge in [-0.05, 0) is 11.1 Å². The fourth-order valence-electron chi connectivity index (χ4n) is 4.14. The highest BCUT2D eigenvalue weighted by molar-refractivity contribution is 7.15. The molecule has 0 saturated carbocycles. The lowest BCUT2D eigenvalue weighted by Crippen LogP contribution is -2.51. The Balaban J connectivity index is 1.49. The van der Waals surface area contributed by atoms with E-state index in [9.17, 15) is 14.4 Å². The maximum Gasteiger partial charge on any atom is 0.325 e. The molecule has 0 aliphatic carbocycles. The number of carbonyl (C=O) groups is 2. The number of imide groups is 1. The Morgan fingerprint density at radius 1 is 0.906 bits per heavy atom. The summed E-state index contributed by atoms with van der Waals surface area (Å²) in [6.45, 7) is -0.0559. The Kier molecular flexibility index (Phi) is 5.07. The molecular formula is C24H20N4O3S. The van der Waals surface area contributed by atoms with E-state index in [0.29, 0.717) is 23.5 Å². The van der Waals surface area contributed by atoms with Crippen LogP contribution in [0.5, 0.6) is 0 Å². The van der Waals surface area contributed by atoms with Crippen LogP contribution >= 0.6 is 11.3 Å². The molecular weight excluding hydrogens is 424 g/mol. The van der Waals surface area contributed by atoms with Crippen molar-refractivity contribution in [3.63, 3.8) is 0 Å². The molecule has 8 heteroatoms. The zero-order valence-electron chi connectivity index (χ0n) is 17.1. The monoisotopic (exact) mass is 444 g/mol. The van der Waals surface area contributed by atoms with Gasteiger partial charge < -0.3 is 5.32 Å². The summed E-state index contributed by atoms with van der Waals surface area (Å²) in [6, 6.07) is 20.2. The van der Waals surface area contributed by atoms with Crippen LogP contribution in [0.1, 0.15) is 16.8 Å². The number of benzene rings is 2. The van der Waals surface area contributed by atoms with E-state index in [-0.39, 0.29) is 18.0 Å². The number of aromatic nitrogens is 2. The van der Waals surface area contributed by atoms with Crippen molar-refractivity contribution >= 4 is 28.2 Å². The standard InChI is InChI=1S/C24H20N4O3S/c29-20-13-19(25-23-27(20)11-12-32-23)16-28-21(30)24(26-22(28)31,14-17-7-3-1-4-8-17)15-18-9-5-2-6-10-18/h1-13H,14-16H2,(H,26,31). The molecule has 1 aliphatic heterocycles. The molecule has 5 rings (SSSR count). The third-order valence-corrected chi connectivity index (χ3v) is 6.38. The van der Waals surface area contributed by atoms with E-state index in [1.54, 1.807) is 11.6 Å². The summed E-state index contributed by atoms with van der Waals surface area (Å²) in [6.07, 6.45) is 2.38. The zero-order valence-corrected chi connectivity index (χ0v) is 17.9. The summed E-state index contributed by atoms with van der Waals surface area (Å²) in [7, 11) is 0. The van der Waals surface area contributed by atoms with Gasteiger partial charge in [-0.15, -0.1) is 11.3 Å². The van der Waals surface area contributed by atoms with E-state index in [4.69, 9.17) is 0 Å². The number of nitrogens with zero attached hydrogens (tertiary/aromatic N) is 3. The van der Waals surface area contributed by atoms with Gasteiger partial charge in [0.1, 0.15) is 5.54 Å². The number of thiazole rings is 1. The predicted molar refractivity (Wildman–Crippen MR) is 121 cm³/mol. The molecule has 1 fully saturated rings. The average molecular weight is 445 g/mol. The number of fused-ring (bicyclic) bond motifs is 1. The second kappa shape index (κ2) is 8.05. The van der Waals surface area contributed by atoms with E-state index in [1.807, 2.05) is 60.7 Å². The van der Waals surface area contributed by atoms with Gasteiger partial charge in [-0.2, -0.15) is 0 Å². The van der Waals surface area contributed by atoms with Gasteiger partial charge in [-0.3, -0.25) is 18.9 Å². The lowest BCUT2D eigenvalue weighted by atomic mass is 9.84. The molecule has 1 aliphatic rings. The third kappa shape index (κ3) is 3.69. The molecule has 160 valence electrons. The molecule has 32 heavy (non-hydrogen) atoms. The van der Waals surface area contributed by atoms with Gasteiger partial charge in [-0.1, -0.05) is 60.7 Å². The molecule has 3 heterocycles. The number of rotatable bonds is 6. The normalized spacial score (nSPS) is 15.3. The van der Waals surface area contributed by atoms with E-state index >= 15 is 0 Å². The Hall–Kier alpha value is -3.78. The van der Waals surface area contributed by atoms with Crippen molar-refractivity contribution in [2.24, 2.45) is 0 Å². The third-order valence-electron chi connectivity index (χ3n) is 5.62. The van der Waals surface area contributed by atoms with E-state index in [2.05, 4.69) is 10.3 Å². The quantitative estimate of drug-likeness (QED) is 0.464. The largest absolute Gasteiger partial charge is 0.325 e. The molecule has 0 atom stereocenters. The number of nitrogens with one attached hydrogen (secondary N) is 1. The van der Waals surface area contributed by atoms with E-state index in [1.165, 1.54) is 21.8 Å². The van der Waals surface area contributed by atoms with Crippen molar-refractivity contribution in [2.45, 2.75) is 24.9 Å². The molecule has 1 N–H and O–H groups in total. The maximum atomic E-state index is 13.7. The number of hydrogen-bond acceptors (Lipinski definition) is 5. The molecule has 4 aromatic rings. The Morgan fingerprint density at radius 2 is 1.53 bits per heavy atom. The minimum absolute atomic E-state index is 0.0559. The maximum absolute atomic E-state index is 13.7. The highest BCUT2D eigenvalue weighted by Crippen LogP contribution is 2.28. The smallest absolute Gasteiger partial charge is 0.322 e. The van der Waals surface area contributed by atoms with Crippen LogP contribution in [0.4, 0.5) is 4.79 Å². The van der Waals surface area contributed by atoms with Crippen LogP contribution in [-0.4, -0.2) is 31.8 Å². The second-order valence-corrected chi connectivity index (χ2v) is 8.74. The molecule has 2 aromatic carbocycles. The fraction of sp³-hybridized carbons (Fsp3) is 0.167. The van der Waals surface area contributed by atoms with Gasteiger partial charge in [0, 0.05) is 30.5 Å². The molecule has 7 nitrogen and oxygen atoms in total. The first kappa shape index (κ1) is 20.1. The van der Waals surface area contributed by atoms with Crippen molar-refractivity contribution < 1.29 is 9.59 Å². The van der Waals surface area contributed by atoms with E-state index in [0.717, 1.165) is 16.0 Å². The fourth-order valence-corrected chi connectivity index (χ4v) is 4.88. The van der Waals surface area contributed by atoms with Gasteiger partial charge in [0.05, 0.1) is 12.2 Å². The molecule has 2 aromatic heterocycles. The van der Waals surface area contributed by atoms with Crippen LogP contribution in [0.2, 0.25) is 0 Å². The van der Waals surface area contributed by atoms with Gasteiger partial charge in [0.15, 0.2) is 4.96 Å². The van der Waals surface area contributed by atoms with Crippen molar-refractivity contribution in [1.82, 2.24) is 19.6 Å². The SMILES string of the molecule is O=C1NC(Cc2ccccc2)(Cc2ccccc2)C(=O)N1Cc1cc(=O)n2ccsc2n1. The van der Waals surface area contributed by atoms with Crippen molar-refractivity contribution in [1.29, 1.82) is 0 Å². The van der Waals surface area contributed by atoms with Gasteiger partial charge in [-0.25, -0.2) is 9.78 Å². The lowest BCUT2D eigenvalue weighted by Gasteiger charge is -2.27. The van der Waals surface area contributed by atoms with E-state index < -0.39 is 11.6 Å². The van der Waals surface area contributed by atoms with Crippen molar-refractivity contribution in [3.8, 4) is 0 Å². The summed E-state index contributed by atoms with van der Waals surface area (Å²) >= 11 is 1.33. The zero-order chi connectivity index (χ0) is 22.1. The number of hydrogen-bond donors (Lipinski definition) is 1. The molecule has 0 spiro atoms. The molecule has 0 radical (unpaired) electrons. The summed E-state index contributed by atoms with van der Waals surface area (Å²) in [4.78, 5) is 45.1. The van der Waals surface area contributed by atoms with Crippen LogP contribution in [0.15, 0.2) is 83.1 Å². The highest BCUT2D eigenvalue weighted by atomic mass is 32.1. The van der Waals surface area contributed by atoms with Crippen LogP contribution in [0.25, 0.3) is 4.96 Å². The minimum atomic E-state index is -1.11. The van der Waals surface area contributed by atoms with Gasteiger partial charge >= 0.3 is 6.03 Å². The molecule has 3 amide bonds. The Morgan fingerprint density at radius 3 is 2.16 bits per heavy atom. The van der Waals surface area contributed by atoms with Crippen LogP contribution in [0, 0.1) is 0 Å². The summed E-state index contributed by atoms with van der Waals surface area (Å²) in [5.41, 5.74) is 0.946. The number of carbonyl (C=O) groups excluding carboxylic acids is 2. The lowest BCUT2D eigenvalue weighted by molar-refractivity contribution is -0.131. The van der Waals surface area contributed by atoms with Crippen LogP contribution in [0.3, 0.4) is 0 Å². The first-order valence-corrected chi connectivity index (χ1v) is 11.1. The molecule has 0 bridgehead atoms. The summed E-state index contributed by atoms with van der Waals surface area (Å²) in [5, 5.41) is 4.73. The molecule has 0 unspecified atom stereocenters. The topological polar surface area (TPSA) is 83.8 Å². The Bertz CT molecular complexity index is 1310. The highest BCUT2D eigenvalue weighted by Gasteiger charge is 2.51. The van der Waals surface area contributed by atoms with Gasteiger partial charge in [0.25, 0.3) is 11.5 Å². The van der Waals surface area contributed by atoms with Gasteiger partial charge in [0.2, 0.25) is 0 Å². The van der Waals surface area contributed by atoms with Crippen molar-refractivity contribution in [2.75, 3.05) is 0 Å². The first-order valence-electron chi connectivity index (χ1n) is 10.2. The minimum Gasteiger partial charge on any atom is -0.322 e. The average Bonchev–Trinajstić information content (AvgIpc) is 3.35. The summed E-state index contributed by atoms with van der Waals surface area (Å²) in [5.74, 6) is -0.316. The number of amides is 3. The second-order valence-electron chi connectivity index (χ2n) is 7.87. The first-order chi connectivity index (χ1) is 15.5. The van der Waals surface area contributed by atoms with Crippen LogP contribution < -0.4 is 10.9 Å². The van der Waals surface area contributed by atoms with Crippen molar-refractivity contribution in [3.05, 3.63) is 105 Å². The Labute approximate surface area is 188 Å². The number of urea groups is 1.